The standard InChI is InChI=1S/C15H18N4O10.C12H25NO2.C5H2Cl2N2O2.CO2.ClH/c20-6-28-4-3-10(29-7-21)18-13(24)8-5-16-19-12(8)14(25)17-9(15(26)27)1-2-11(22)23;1-11(2,3)8-7-9(13)10(14)15-12(4,5)6;6-4(10)2-1-8-9-3(2)5(7)11;2-1-3;/h6-7,9-10H,1-5H2,(H,17,25)(H,18,24)(H,22,23)(H,26,27);9H,7-8,13H2,1-6H3;1H2;;1H/t9-,10+;9-;;;/m00.../s1. The molecule has 330 valence electrons. The number of carboxylic acid groups (broad SMARTS) is 2. The summed E-state index contributed by atoms with van der Waals surface area (Å²) in [6.45, 7) is 11.8. The largest absolute Gasteiger partial charge is 0.481 e. The molecule has 0 saturated heterocycles. The van der Waals surface area contributed by atoms with Gasteiger partial charge in [0.25, 0.3) is 35.2 Å². The number of hydrogen-bond acceptors (Lipinski definition) is 19. The third-order valence-corrected chi connectivity index (χ3v) is 6.93. The summed E-state index contributed by atoms with van der Waals surface area (Å²) in [6.07, 6.45) is -0.263. The van der Waals surface area contributed by atoms with Gasteiger partial charge in [-0.15, -0.1) is 22.6 Å². The molecule has 0 bridgehead atoms. The first-order valence-electron chi connectivity index (χ1n) is 16.6. The molecular weight excluding hydrogens is 857 g/mol. The Hall–Kier alpha value is -5.48. The number of allylic oxidation sites excluding steroid dienone is 1. The molecule has 2 aliphatic heterocycles. The van der Waals surface area contributed by atoms with Gasteiger partial charge < -0.3 is 40.8 Å². The minimum Gasteiger partial charge on any atom is -0.481 e. The number of nitrogens with one attached hydrogen (secondary N) is 2. The summed E-state index contributed by atoms with van der Waals surface area (Å²) in [5.74, 6) is -4.91. The summed E-state index contributed by atoms with van der Waals surface area (Å²) in [6, 6.07) is -2.01. The van der Waals surface area contributed by atoms with E-state index < -0.39 is 70.3 Å². The van der Waals surface area contributed by atoms with Crippen LogP contribution in [-0.2, 0) is 67.0 Å². The lowest BCUT2D eigenvalue weighted by Crippen LogP contribution is -2.43. The highest BCUT2D eigenvalue weighted by atomic mass is 35.5. The van der Waals surface area contributed by atoms with Gasteiger partial charge >= 0.3 is 24.1 Å². The van der Waals surface area contributed by atoms with Crippen LogP contribution in [0.25, 0.3) is 0 Å². The van der Waals surface area contributed by atoms with E-state index in [4.69, 9.17) is 53.5 Å². The smallest absolute Gasteiger partial charge is 0.373 e. The molecule has 2 heterocycles. The zero-order chi connectivity index (χ0) is 45.2. The molecule has 6 N–H and O–H groups in total. The van der Waals surface area contributed by atoms with E-state index in [0.29, 0.717) is 6.42 Å². The third kappa shape index (κ3) is 27.0. The second-order valence-electron chi connectivity index (χ2n) is 13.6. The minimum atomic E-state index is -1.52. The minimum absolute atomic E-state index is 0. The van der Waals surface area contributed by atoms with Crippen molar-refractivity contribution in [3.05, 3.63) is 22.5 Å². The van der Waals surface area contributed by atoms with E-state index in [0.717, 1.165) is 6.42 Å². The van der Waals surface area contributed by atoms with Gasteiger partial charge in [-0.1, -0.05) is 20.8 Å². The summed E-state index contributed by atoms with van der Waals surface area (Å²) in [5.41, 5.74) is 4.75. The molecule has 0 aliphatic carbocycles. The molecule has 2 rings (SSSR count). The van der Waals surface area contributed by atoms with Gasteiger partial charge in [-0.25, -0.2) is 4.79 Å². The van der Waals surface area contributed by atoms with Crippen molar-refractivity contribution in [3.8, 4) is 0 Å². The molecule has 0 aromatic heterocycles. The first kappa shape index (κ1) is 57.8. The lowest BCUT2D eigenvalue weighted by Gasteiger charge is -2.24. The summed E-state index contributed by atoms with van der Waals surface area (Å²) < 4.78 is 14.3. The van der Waals surface area contributed by atoms with Crippen LogP contribution in [0.3, 0.4) is 0 Å². The van der Waals surface area contributed by atoms with E-state index in [-0.39, 0.29) is 92.3 Å². The van der Waals surface area contributed by atoms with Crippen molar-refractivity contribution in [2.45, 2.75) is 97.6 Å². The number of azo groups is 2. The number of nitrogens with two attached hydrogens (primary N) is 1. The zero-order valence-electron chi connectivity index (χ0n) is 32.7. The first-order valence-corrected chi connectivity index (χ1v) is 17.4. The summed E-state index contributed by atoms with van der Waals surface area (Å²) in [7, 11) is 0. The van der Waals surface area contributed by atoms with Crippen molar-refractivity contribution in [2.24, 2.45) is 31.6 Å². The molecular formula is C33H46Cl3N7O16. The summed E-state index contributed by atoms with van der Waals surface area (Å²) in [5, 5.41) is 34.4. The van der Waals surface area contributed by atoms with E-state index in [9.17, 15) is 43.2 Å². The SMILES string of the molecule is CC(C)(C)CC[C@H](N)C(=O)OC(C)(C)C.Cl.O=C(Cl)C1=C(C(=O)Cl)N=NC1.O=C=O.O=COCC[C@H](NC(=O)C1=C(C(=O)N[C@@H](CCC(=O)O)C(=O)O)N=NC1)OC=O. The van der Waals surface area contributed by atoms with Crippen molar-refractivity contribution < 1.29 is 77.2 Å². The van der Waals surface area contributed by atoms with Gasteiger partial charge in [0.15, 0.2) is 17.6 Å². The van der Waals surface area contributed by atoms with E-state index in [1.807, 2.05) is 20.8 Å². The van der Waals surface area contributed by atoms with E-state index >= 15 is 0 Å². The lowest BCUT2D eigenvalue weighted by atomic mass is 9.89. The summed E-state index contributed by atoms with van der Waals surface area (Å²) in [4.78, 5) is 116. The van der Waals surface area contributed by atoms with Crippen molar-refractivity contribution in [2.75, 3.05) is 19.7 Å². The number of carbonyl (C=O) groups excluding carboxylic acids is 9. The normalized spacial score (nSPS) is 14.0. The van der Waals surface area contributed by atoms with Gasteiger partial charge in [-0.3, -0.25) is 38.4 Å². The summed E-state index contributed by atoms with van der Waals surface area (Å²) >= 11 is 10.2. The highest BCUT2D eigenvalue weighted by Crippen LogP contribution is 2.22. The number of carboxylic acids is 2. The average Bonchev–Trinajstić information content (AvgIpc) is 3.80. The maximum absolute atomic E-state index is 12.3. The van der Waals surface area contributed by atoms with Crippen LogP contribution >= 0.6 is 35.6 Å². The fourth-order valence-electron chi connectivity index (χ4n) is 3.83. The fraction of sp³-hybridized carbons (Fsp3) is 0.576. The monoisotopic (exact) mass is 901 g/mol. The van der Waals surface area contributed by atoms with E-state index in [1.54, 1.807) is 0 Å². The van der Waals surface area contributed by atoms with Crippen LogP contribution < -0.4 is 16.4 Å². The molecule has 0 unspecified atom stereocenters. The molecule has 0 saturated carbocycles. The van der Waals surface area contributed by atoms with Crippen molar-refractivity contribution in [1.29, 1.82) is 0 Å². The second kappa shape index (κ2) is 29.7. The molecule has 26 heteroatoms. The Labute approximate surface area is 353 Å². The predicted molar refractivity (Wildman–Crippen MR) is 202 cm³/mol. The molecule has 2 amide bonds. The number of rotatable bonds is 19. The van der Waals surface area contributed by atoms with Crippen molar-refractivity contribution in [3.63, 3.8) is 0 Å². The Balaban J connectivity index is -0.000000868. The van der Waals surface area contributed by atoms with E-state index in [1.165, 1.54) is 0 Å². The van der Waals surface area contributed by atoms with Crippen LogP contribution in [0.4, 0.5) is 0 Å². The predicted octanol–water partition coefficient (Wildman–Crippen LogP) is 1.88. The number of aliphatic carboxylic acids is 2. The number of amides is 2. The number of esters is 1. The van der Waals surface area contributed by atoms with Gasteiger partial charge in [-0.2, -0.15) is 19.8 Å². The molecule has 0 aromatic carbocycles. The van der Waals surface area contributed by atoms with Crippen LogP contribution in [0, 0.1) is 5.41 Å². The Morgan fingerprint density at radius 1 is 0.831 bits per heavy atom. The number of nitrogens with zero attached hydrogens (tertiary/aromatic N) is 4. The topological polar surface area (TPSA) is 355 Å². The van der Waals surface area contributed by atoms with Gasteiger partial charge in [0.1, 0.15) is 17.7 Å². The molecule has 23 nitrogen and oxygen atoms in total. The molecule has 2 aliphatic rings. The number of halogens is 3. The lowest BCUT2D eigenvalue weighted by molar-refractivity contribution is -0.192. The van der Waals surface area contributed by atoms with Crippen LogP contribution in [0.15, 0.2) is 43.0 Å². The Bertz CT molecular complexity index is 1660. The van der Waals surface area contributed by atoms with Crippen molar-refractivity contribution >= 4 is 94.9 Å². The van der Waals surface area contributed by atoms with Crippen LogP contribution in [0.5, 0.6) is 0 Å². The average molecular weight is 903 g/mol. The van der Waals surface area contributed by atoms with Gasteiger partial charge in [0.05, 0.1) is 30.8 Å². The van der Waals surface area contributed by atoms with Crippen LogP contribution in [0.1, 0.15) is 73.6 Å². The molecule has 3 atom stereocenters. The Kier molecular flexibility index (Phi) is 29.1. The molecule has 0 spiro atoms. The van der Waals surface area contributed by atoms with Gasteiger partial charge in [0.2, 0.25) is 0 Å². The quantitative estimate of drug-likeness (QED) is 0.0308. The zero-order valence-corrected chi connectivity index (χ0v) is 35.0. The second-order valence-corrected chi connectivity index (χ2v) is 14.3. The van der Waals surface area contributed by atoms with Gasteiger partial charge in [-0.05, 0) is 68.7 Å². The highest BCUT2D eigenvalue weighted by molar-refractivity contribution is 6.71. The van der Waals surface area contributed by atoms with Crippen molar-refractivity contribution in [1.82, 2.24) is 10.6 Å². The number of ether oxygens (including phenoxy) is 3. The van der Waals surface area contributed by atoms with Gasteiger partial charge in [0, 0.05) is 12.8 Å². The molecule has 0 fully saturated rings. The van der Waals surface area contributed by atoms with Crippen LogP contribution in [-0.4, -0.2) is 113 Å². The Morgan fingerprint density at radius 2 is 1.37 bits per heavy atom. The highest BCUT2D eigenvalue weighted by Gasteiger charge is 2.30. The fourth-order valence-corrected chi connectivity index (χ4v) is 4.13. The third-order valence-electron chi connectivity index (χ3n) is 6.53. The number of hydrogen-bond donors (Lipinski definition) is 5. The van der Waals surface area contributed by atoms with E-state index in [2.05, 4.69) is 61.3 Å². The first-order chi connectivity index (χ1) is 26.8. The number of carbonyl (C=O) groups is 9. The molecule has 0 radical (unpaired) electrons. The molecule has 59 heavy (non-hydrogen) atoms. The van der Waals surface area contributed by atoms with Crippen LogP contribution in [0.2, 0.25) is 0 Å². The maximum atomic E-state index is 12.3. The molecule has 0 aromatic rings. The Morgan fingerprint density at radius 3 is 1.80 bits per heavy atom. The maximum Gasteiger partial charge on any atom is 0.373 e.